The summed E-state index contributed by atoms with van der Waals surface area (Å²) in [6.45, 7) is 0. The van der Waals surface area contributed by atoms with Gasteiger partial charge in [-0.25, -0.2) is 15.0 Å². The van der Waals surface area contributed by atoms with Crippen LogP contribution in [0.4, 0.5) is 0 Å². The average molecular weight is 668 g/mol. The van der Waals surface area contributed by atoms with Gasteiger partial charge in [0, 0.05) is 44.2 Å². The molecule has 0 radical (unpaired) electrons. The summed E-state index contributed by atoms with van der Waals surface area (Å²) in [6, 6.07) is 50.2. The smallest absolute Gasteiger partial charge is 0.165 e. The molecule has 0 saturated carbocycles. The van der Waals surface area contributed by atoms with Crippen molar-refractivity contribution in [2.45, 2.75) is 12.3 Å². The normalized spacial score (nSPS) is 14.2. The van der Waals surface area contributed by atoms with Crippen molar-refractivity contribution in [3.05, 3.63) is 168 Å². The number of allylic oxidation sites excluding steroid dienone is 1. The largest absolute Gasteiger partial charge is 0.456 e. The minimum absolute atomic E-state index is 0.0821. The molecule has 11 rings (SSSR count). The van der Waals surface area contributed by atoms with Crippen LogP contribution in [0.1, 0.15) is 22.6 Å². The van der Waals surface area contributed by atoms with Crippen LogP contribution >= 0.6 is 0 Å². The lowest BCUT2D eigenvalue weighted by molar-refractivity contribution is 0.668. The summed E-state index contributed by atoms with van der Waals surface area (Å²) in [6.07, 6.45) is 5.46. The van der Waals surface area contributed by atoms with E-state index in [9.17, 15) is 0 Å². The van der Waals surface area contributed by atoms with Crippen LogP contribution < -0.4 is 0 Å². The van der Waals surface area contributed by atoms with Gasteiger partial charge >= 0.3 is 0 Å². The van der Waals surface area contributed by atoms with Crippen molar-refractivity contribution in [2.24, 2.45) is 0 Å². The predicted molar refractivity (Wildman–Crippen MR) is 210 cm³/mol. The molecule has 3 aromatic heterocycles. The monoisotopic (exact) mass is 667 g/mol. The molecule has 0 N–H and O–H groups in total. The molecule has 0 amide bonds. The van der Waals surface area contributed by atoms with Crippen LogP contribution in [0, 0.1) is 0 Å². The number of benzene rings is 7. The molecule has 0 saturated heterocycles. The van der Waals surface area contributed by atoms with Crippen molar-refractivity contribution in [3.63, 3.8) is 0 Å². The van der Waals surface area contributed by atoms with Gasteiger partial charge in [-0.3, -0.25) is 0 Å². The van der Waals surface area contributed by atoms with Gasteiger partial charge in [0.25, 0.3) is 0 Å². The molecule has 0 fully saturated rings. The minimum Gasteiger partial charge on any atom is -0.456 e. The maximum atomic E-state index is 6.48. The Balaban J connectivity index is 1.17. The first kappa shape index (κ1) is 28.9. The van der Waals surface area contributed by atoms with Gasteiger partial charge in [0.1, 0.15) is 22.3 Å². The first-order valence-electron chi connectivity index (χ1n) is 17.6. The van der Waals surface area contributed by atoms with E-state index < -0.39 is 0 Å². The van der Waals surface area contributed by atoms with Crippen LogP contribution in [-0.4, -0.2) is 15.0 Å². The summed E-state index contributed by atoms with van der Waals surface area (Å²) < 4.78 is 12.8. The lowest BCUT2D eigenvalue weighted by Gasteiger charge is -2.24. The van der Waals surface area contributed by atoms with Gasteiger partial charge in [-0.2, -0.15) is 0 Å². The fourth-order valence-corrected chi connectivity index (χ4v) is 8.04. The molecule has 7 aromatic carbocycles. The standard InChI is InChI=1S/C47H29N3O2/c1-2-11-30(12-3-1)45-48-46(32-22-23-36-35-14-6-8-16-39(35)52-42(36)27-32)50-47(49-45)44-34(24-25-41-43(44)37-15-7-9-17-40(37)51-41)31-21-20-29-19-18-28-10-4-5-13-33(28)38(29)26-31/h1-25,27,31H,26H2. The van der Waals surface area contributed by atoms with Gasteiger partial charge in [-0.15, -0.1) is 0 Å². The molecule has 1 aliphatic rings. The predicted octanol–water partition coefficient (Wildman–Crippen LogP) is 12.2. The summed E-state index contributed by atoms with van der Waals surface area (Å²) in [5.41, 5.74) is 9.80. The molecule has 10 aromatic rings. The molecule has 0 spiro atoms. The van der Waals surface area contributed by atoms with E-state index in [-0.39, 0.29) is 5.92 Å². The summed E-state index contributed by atoms with van der Waals surface area (Å²) in [5, 5.41) is 6.73. The Morgan fingerprint density at radius 2 is 1.15 bits per heavy atom. The zero-order chi connectivity index (χ0) is 34.2. The molecule has 3 heterocycles. The Morgan fingerprint density at radius 1 is 0.481 bits per heavy atom. The quantitative estimate of drug-likeness (QED) is 0.187. The molecular weight excluding hydrogens is 639 g/mol. The molecule has 244 valence electrons. The third-order valence-electron chi connectivity index (χ3n) is 10.5. The zero-order valence-electron chi connectivity index (χ0n) is 28.0. The number of para-hydroxylation sites is 2. The van der Waals surface area contributed by atoms with Crippen molar-refractivity contribution in [1.29, 1.82) is 0 Å². The summed E-state index contributed by atoms with van der Waals surface area (Å²) in [4.78, 5) is 15.7. The van der Waals surface area contributed by atoms with Gasteiger partial charge in [0.05, 0.1) is 0 Å². The first-order valence-corrected chi connectivity index (χ1v) is 17.6. The van der Waals surface area contributed by atoms with Gasteiger partial charge in [-0.05, 0) is 64.2 Å². The van der Waals surface area contributed by atoms with Crippen molar-refractivity contribution >= 4 is 60.7 Å². The lowest BCUT2D eigenvalue weighted by atomic mass is 9.80. The Kier molecular flexibility index (Phi) is 6.31. The van der Waals surface area contributed by atoms with Crippen LogP contribution in [-0.2, 0) is 6.42 Å². The topological polar surface area (TPSA) is 65.0 Å². The Labute approximate surface area is 298 Å². The average Bonchev–Trinajstić information content (AvgIpc) is 3.78. The van der Waals surface area contributed by atoms with E-state index >= 15 is 0 Å². The van der Waals surface area contributed by atoms with Crippen LogP contribution in [0.3, 0.4) is 0 Å². The zero-order valence-corrected chi connectivity index (χ0v) is 28.0. The number of rotatable bonds is 4. The fraction of sp³-hybridized carbons (Fsp3) is 0.0426. The summed E-state index contributed by atoms with van der Waals surface area (Å²) in [5.74, 6) is 1.88. The number of fused-ring (bicyclic) bond motifs is 9. The van der Waals surface area contributed by atoms with Crippen molar-refractivity contribution in [1.82, 2.24) is 15.0 Å². The third kappa shape index (κ3) is 4.53. The van der Waals surface area contributed by atoms with E-state index in [1.165, 1.54) is 21.9 Å². The fourth-order valence-electron chi connectivity index (χ4n) is 8.04. The SMILES string of the molecule is C1=CC(c2ccc3oc4ccccc4c3c2-c2nc(-c3ccccc3)nc(-c3ccc4c(c3)oc3ccccc34)n2)Cc2c1ccc1ccccc21. The highest BCUT2D eigenvalue weighted by molar-refractivity contribution is 6.13. The number of hydrogen-bond acceptors (Lipinski definition) is 5. The maximum Gasteiger partial charge on any atom is 0.165 e. The minimum atomic E-state index is 0.0821. The van der Waals surface area contributed by atoms with E-state index in [0.717, 1.165) is 72.6 Å². The Hall–Kier alpha value is -6.85. The molecule has 0 bridgehead atoms. The van der Waals surface area contributed by atoms with Gasteiger partial charge in [0.2, 0.25) is 0 Å². The molecule has 52 heavy (non-hydrogen) atoms. The van der Waals surface area contributed by atoms with Crippen LogP contribution in [0.2, 0.25) is 0 Å². The highest BCUT2D eigenvalue weighted by Gasteiger charge is 2.27. The number of aromatic nitrogens is 3. The summed E-state index contributed by atoms with van der Waals surface area (Å²) >= 11 is 0. The van der Waals surface area contributed by atoms with Gasteiger partial charge < -0.3 is 8.83 Å². The number of furan rings is 2. The molecule has 5 nitrogen and oxygen atoms in total. The van der Waals surface area contributed by atoms with Crippen LogP contribution in [0.25, 0.3) is 94.9 Å². The molecule has 5 heteroatoms. The first-order chi connectivity index (χ1) is 25.7. The summed E-state index contributed by atoms with van der Waals surface area (Å²) in [7, 11) is 0. The van der Waals surface area contributed by atoms with E-state index in [1.807, 2.05) is 66.7 Å². The Bertz CT molecular complexity index is 3060. The highest BCUT2D eigenvalue weighted by Crippen LogP contribution is 2.44. The van der Waals surface area contributed by atoms with E-state index in [0.29, 0.717) is 17.5 Å². The van der Waals surface area contributed by atoms with E-state index in [2.05, 4.69) is 91.0 Å². The second-order valence-corrected chi connectivity index (χ2v) is 13.5. The lowest BCUT2D eigenvalue weighted by Crippen LogP contribution is -2.09. The van der Waals surface area contributed by atoms with Crippen LogP contribution in [0.15, 0.2) is 161 Å². The Morgan fingerprint density at radius 3 is 2.02 bits per heavy atom. The number of hydrogen-bond donors (Lipinski definition) is 0. The molecule has 1 unspecified atom stereocenters. The molecule has 1 aliphatic carbocycles. The molecule has 1 atom stereocenters. The van der Waals surface area contributed by atoms with E-state index in [4.69, 9.17) is 23.8 Å². The third-order valence-corrected chi connectivity index (χ3v) is 10.5. The van der Waals surface area contributed by atoms with Gasteiger partial charge in [-0.1, -0.05) is 127 Å². The molecular formula is C47H29N3O2. The second-order valence-electron chi connectivity index (χ2n) is 13.5. The van der Waals surface area contributed by atoms with E-state index in [1.54, 1.807) is 0 Å². The second kappa shape index (κ2) is 11.3. The van der Waals surface area contributed by atoms with Crippen molar-refractivity contribution in [3.8, 4) is 34.2 Å². The highest BCUT2D eigenvalue weighted by atomic mass is 16.3. The van der Waals surface area contributed by atoms with Gasteiger partial charge in [0.15, 0.2) is 17.5 Å². The molecule has 0 aliphatic heterocycles. The number of nitrogens with zero attached hydrogens (tertiary/aromatic N) is 3. The van der Waals surface area contributed by atoms with Crippen molar-refractivity contribution < 1.29 is 8.83 Å². The maximum absolute atomic E-state index is 6.48. The van der Waals surface area contributed by atoms with Crippen LogP contribution in [0.5, 0.6) is 0 Å². The van der Waals surface area contributed by atoms with Crippen molar-refractivity contribution in [2.75, 3.05) is 0 Å².